The Bertz CT molecular complexity index is 436. The minimum atomic E-state index is -0.687. The van der Waals surface area contributed by atoms with Crippen LogP contribution >= 0.6 is 0 Å². The van der Waals surface area contributed by atoms with Gasteiger partial charge in [0.2, 0.25) is 0 Å². The highest BCUT2D eigenvalue weighted by Crippen LogP contribution is 2.24. The monoisotopic (exact) mass is 234 g/mol. The summed E-state index contributed by atoms with van der Waals surface area (Å²) in [6, 6.07) is 5.79. The van der Waals surface area contributed by atoms with Crippen LogP contribution in [0.4, 0.5) is 5.69 Å². The van der Waals surface area contributed by atoms with Gasteiger partial charge in [-0.2, -0.15) is 0 Å². The molecule has 2 rings (SSSR count). The Labute approximate surface area is 101 Å². The summed E-state index contributed by atoms with van der Waals surface area (Å²) >= 11 is 0. The molecule has 4 nitrogen and oxygen atoms in total. The number of hydrogen-bond acceptors (Lipinski definition) is 3. The lowest BCUT2D eigenvalue weighted by molar-refractivity contribution is 0.0749. The van der Waals surface area contributed by atoms with Crippen molar-refractivity contribution in [3.8, 4) is 0 Å². The van der Waals surface area contributed by atoms with Crippen molar-refractivity contribution in [1.82, 2.24) is 5.32 Å². The largest absolute Gasteiger partial charge is 0.390 e. The zero-order chi connectivity index (χ0) is 12.5. The quantitative estimate of drug-likeness (QED) is 0.740. The topological polar surface area (TPSA) is 61.4 Å². The Hall–Kier alpha value is -1.55. The predicted octanol–water partition coefficient (Wildman–Crippen LogP) is 1.50. The van der Waals surface area contributed by atoms with Gasteiger partial charge in [0.05, 0.1) is 11.2 Å². The Kier molecular flexibility index (Phi) is 3.07. The number of aliphatic hydroxyl groups is 1. The fourth-order valence-electron chi connectivity index (χ4n) is 1.93. The maximum absolute atomic E-state index is 11.6. The van der Waals surface area contributed by atoms with Gasteiger partial charge < -0.3 is 15.7 Å². The van der Waals surface area contributed by atoms with Crippen molar-refractivity contribution in [2.75, 3.05) is 11.9 Å². The van der Waals surface area contributed by atoms with Crippen LogP contribution in [-0.2, 0) is 6.54 Å². The van der Waals surface area contributed by atoms with Gasteiger partial charge in [-0.3, -0.25) is 4.79 Å². The molecule has 4 heteroatoms. The average Bonchev–Trinajstić information content (AvgIpc) is 2.60. The van der Waals surface area contributed by atoms with E-state index in [9.17, 15) is 9.90 Å². The third kappa shape index (κ3) is 2.77. The summed E-state index contributed by atoms with van der Waals surface area (Å²) in [5, 5.41) is 15.6. The molecule has 0 spiro atoms. The zero-order valence-corrected chi connectivity index (χ0v) is 10.2. The molecular weight excluding hydrogens is 216 g/mol. The van der Waals surface area contributed by atoms with Gasteiger partial charge in [-0.15, -0.1) is 0 Å². The van der Waals surface area contributed by atoms with E-state index in [0.717, 1.165) is 16.8 Å². The van der Waals surface area contributed by atoms with Crippen LogP contribution in [-0.4, -0.2) is 23.2 Å². The summed E-state index contributed by atoms with van der Waals surface area (Å²) in [5.41, 5.74) is 1.93. The van der Waals surface area contributed by atoms with E-state index in [2.05, 4.69) is 10.6 Å². The van der Waals surface area contributed by atoms with Crippen LogP contribution in [0.3, 0.4) is 0 Å². The van der Waals surface area contributed by atoms with Crippen molar-refractivity contribution in [2.24, 2.45) is 0 Å². The minimum absolute atomic E-state index is 0.0219. The van der Waals surface area contributed by atoms with Crippen molar-refractivity contribution < 1.29 is 9.90 Å². The van der Waals surface area contributed by atoms with Gasteiger partial charge in [0.1, 0.15) is 0 Å². The first kappa shape index (κ1) is 11.9. The summed E-state index contributed by atoms with van der Waals surface area (Å²) in [5.74, 6) is -0.0219. The molecule has 0 aliphatic carbocycles. The number of amides is 1. The van der Waals surface area contributed by atoms with Crippen molar-refractivity contribution >= 4 is 11.6 Å². The number of rotatable bonds is 4. The van der Waals surface area contributed by atoms with E-state index in [-0.39, 0.29) is 5.91 Å². The number of carbonyl (C=O) groups excluding carboxylic acids is 1. The molecule has 1 amide bonds. The number of anilines is 1. The highest BCUT2D eigenvalue weighted by atomic mass is 16.3. The standard InChI is InChI=1S/C13H18N2O2/c1-13(2,17)6-7-14-10-5-3-4-9-8-15-12(16)11(9)10/h3-5,14,17H,6-8H2,1-2H3,(H,15,16). The fraction of sp³-hybridized carbons (Fsp3) is 0.462. The lowest BCUT2D eigenvalue weighted by atomic mass is 10.0. The molecule has 0 bridgehead atoms. The van der Waals surface area contributed by atoms with Crippen LogP contribution in [0.1, 0.15) is 36.2 Å². The van der Waals surface area contributed by atoms with E-state index in [4.69, 9.17) is 0 Å². The first-order valence-corrected chi connectivity index (χ1v) is 5.84. The van der Waals surface area contributed by atoms with Gasteiger partial charge in [-0.1, -0.05) is 12.1 Å². The molecular formula is C13H18N2O2. The highest BCUT2D eigenvalue weighted by molar-refractivity contribution is 6.03. The second-order valence-electron chi connectivity index (χ2n) is 5.01. The second kappa shape index (κ2) is 4.37. The Balaban J connectivity index is 2.07. The summed E-state index contributed by atoms with van der Waals surface area (Å²) in [6.07, 6.45) is 0.637. The lowest BCUT2D eigenvalue weighted by Crippen LogP contribution is -2.23. The zero-order valence-electron chi connectivity index (χ0n) is 10.2. The van der Waals surface area contributed by atoms with E-state index in [1.54, 1.807) is 13.8 Å². The summed E-state index contributed by atoms with van der Waals surface area (Å²) in [6.45, 7) is 4.80. The molecule has 0 atom stereocenters. The van der Waals surface area contributed by atoms with Gasteiger partial charge >= 0.3 is 0 Å². The highest BCUT2D eigenvalue weighted by Gasteiger charge is 2.22. The third-order valence-corrected chi connectivity index (χ3v) is 2.87. The number of benzene rings is 1. The van der Waals surface area contributed by atoms with E-state index < -0.39 is 5.60 Å². The minimum Gasteiger partial charge on any atom is -0.390 e. The number of hydrogen-bond donors (Lipinski definition) is 3. The first-order chi connectivity index (χ1) is 7.97. The SMILES string of the molecule is CC(C)(O)CCNc1cccc2c1C(=O)NC2. The Morgan fingerprint density at radius 2 is 2.24 bits per heavy atom. The Morgan fingerprint density at radius 1 is 1.47 bits per heavy atom. The van der Waals surface area contributed by atoms with E-state index in [1.165, 1.54) is 0 Å². The van der Waals surface area contributed by atoms with Crippen LogP contribution < -0.4 is 10.6 Å². The van der Waals surface area contributed by atoms with Crippen LogP contribution in [0.15, 0.2) is 18.2 Å². The predicted molar refractivity (Wildman–Crippen MR) is 67.0 cm³/mol. The molecule has 1 aliphatic rings. The van der Waals surface area contributed by atoms with Gasteiger partial charge in [0.15, 0.2) is 0 Å². The molecule has 3 N–H and O–H groups in total. The molecule has 1 aromatic carbocycles. The molecule has 0 aromatic heterocycles. The Morgan fingerprint density at radius 3 is 2.94 bits per heavy atom. The molecule has 0 radical (unpaired) electrons. The molecule has 1 heterocycles. The van der Waals surface area contributed by atoms with Crippen molar-refractivity contribution in [3.05, 3.63) is 29.3 Å². The van der Waals surface area contributed by atoms with Gasteiger partial charge in [-0.05, 0) is 31.9 Å². The molecule has 1 aliphatic heterocycles. The molecule has 0 unspecified atom stereocenters. The molecule has 0 fully saturated rings. The van der Waals surface area contributed by atoms with Crippen LogP contribution in [0.5, 0.6) is 0 Å². The second-order valence-corrected chi connectivity index (χ2v) is 5.01. The third-order valence-electron chi connectivity index (χ3n) is 2.87. The van der Waals surface area contributed by atoms with Crippen LogP contribution in [0.2, 0.25) is 0 Å². The number of carbonyl (C=O) groups is 1. The smallest absolute Gasteiger partial charge is 0.253 e. The maximum Gasteiger partial charge on any atom is 0.253 e. The summed E-state index contributed by atoms with van der Waals surface area (Å²) in [4.78, 5) is 11.6. The summed E-state index contributed by atoms with van der Waals surface area (Å²) in [7, 11) is 0. The molecule has 0 saturated carbocycles. The van der Waals surface area contributed by atoms with Crippen molar-refractivity contribution in [1.29, 1.82) is 0 Å². The number of nitrogens with one attached hydrogen (secondary N) is 2. The van der Waals surface area contributed by atoms with Crippen LogP contribution in [0, 0.1) is 0 Å². The van der Waals surface area contributed by atoms with Gasteiger partial charge in [-0.25, -0.2) is 0 Å². The average molecular weight is 234 g/mol. The summed E-state index contributed by atoms with van der Waals surface area (Å²) < 4.78 is 0. The molecule has 17 heavy (non-hydrogen) atoms. The van der Waals surface area contributed by atoms with E-state index in [0.29, 0.717) is 19.5 Å². The van der Waals surface area contributed by atoms with Crippen LogP contribution in [0.25, 0.3) is 0 Å². The molecule has 1 aromatic rings. The maximum atomic E-state index is 11.6. The number of fused-ring (bicyclic) bond motifs is 1. The van der Waals surface area contributed by atoms with E-state index >= 15 is 0 Å². The van der Waals surface area contributed by atoms with Gasteiger partial charge in [0, 0.05) is 18.8 Å². The lowest BCUT2D eigenvalue weighted by Gasteiger charge is -2.18. The van der Waals surface area contributed by atoms with E-state index in [1.807, 2.05) is 18.2 Å². The van der Waals surface area contributed by atoms with Crippen molar-refractivity contribution in [3.63, 3.8) is 0 Å². The van der Waals surface area contributed by atoms with Crippen molar-refractivity contribution in [2.45, 2.75) is 32.4 Å². The molecule has 0 saturated heterocycles. The normalized spacial score (nSPS) is 14.4. The van der Waals surface area contributed by atoms with Gasteiger partial charge in [0.25, 0.3) is 5.91 Å². The fourth-order valence-corrected chi connectivity index (χ4v) is 1.93. The first-order valence-electron chi connectivity index (χ1n) is 5.84. The molecule has 92 valence electrons.